The SMILES string of the molecule is N#Cc1ccc(CCN2CCCC(N3CCC(CC(=O)O)CC3)C2)c(F)c1. The molecular weight excluding hydrogens is 345 g/mol. The maximum Gasteiger partial charge on any atom is 0.303 e. The van der Waals surface area contributed by atoms with Gasteiger partial charge in [-0.05, 0) is 75.4 Å². The number of rotatable bonds is 6. The molecule has 0 radical (unpaired) electrons. The van der Waals surface area contributed by atoms with Gasteiger partial charge in [0.05, 0.1) is 11.6 Å². The van der Waals surface area contributed by atoms with E-state index >= 15 is 0 Å². The van der Waals surface area contributed by atoms with Crippen molar-refractivity contribution >= 4 is 5.97 Å². The van der Waals surface area contributed by atoms with E-state index in [1.54, 1.807) is 12.1 Å². The van der Waals surface area contributed by atoms with Crippen molar-refractivity contribution in [3.63, 3.8) is 0 Å². The first kappa shape index (κ1) is 19.8. The molecule has 1 aromatic carbocycles. The van der Waals surface area contributed by atoms with Crippen molar-refractivity contribution < 1.29 is 14.3 Å². The number of hydrogen-bond donors (Lipinski definition) is 1. The molecule has 5 nitrogen and oxygen atoms in total. The largest absolute Gasteiger partial charge is 0.481 e. The smallest absolute Gasteiger partial charge is 0.303 e. The molecule has 0 aliphatic carbocycles. The predicted octanol–water partition coefficient (Wildman–Crippen LogP) is 2.89. The van der Waals surface area contributed by atoms with Gasteiger partial charge in [-0.15, -0.1) is 0 Å². The molecule has 3 rings (SSSR count). The second-order valence-corrected chi connectivity index (χ2v) is 7.84. The van der Waals surface area contributed by atoms with Crippen LogP contribution in [0, 0.1) is 23.1 Å². The van der Waals surface area contributed by atoms with Crippen LogP contribution in [0.25, 0.3) is 0 Å². The minimum absolute atomic E-state index is 0.289. The van der Waals surface area contributed by atoms with Gasteiger partial charge in [0.25, 0.3) is 0 Å². The summed E-state index contributed by atoms with van der Waals surface area (Å²) in [5, 5.41) is 17.8. The van der Waals surface area contributed by atoms with Crippen LogP contribution in [0.1, 0.15) is 43.2 Å². The number of piperidine rings is 2. The monoisotopic (exact) mass is 373 g/mol. The van der Waals surface area contributed by atoms with Gasteiger partial charge in [-0.1, -0.05) is 6.07 Å². The van der Waals surface area contributed by atoms with Crippen molar-refractivity contribution in [3.05, 3.63) is 35.1 Å². The van der Waals surface area contributed by atoms with Crippen molar-refractivity contribution in [3.8, 4) is 6.07 Å². The Kier molecular flexibility index (Phi) is 6.81. The molecule has 146 valence electrons. The van der Waals surface area contributed by atoms with E-state index in [1.165, 1.54) is 12.5 Å². The standard InChI is InChI=1S/C21H28FN3O2/c22-20-12-17(14-23)3-4-18(20)7-9-24-8-1-2-19(15-24)25-10-5-16(6-11-25)13-21(26)27/h3-4,12,16,19H,1-2,5-11,13,15H2,(H,26,27). The molecule has 1 atom stereocenters. The fraction of sp³-hybridized carbons (Fsp3) is 0.619. The van der Waals surface area contributed by atoms with E-state index in [1.807, 2.05) is 6.07 Å². The third-order valence-corrected chi connectivity index (χ3v) is 5.99. The van der Waals surface area contributed by atoms with E-state index in [-0.39, 0.29) is 5.82 Å². The summed E-state index contributed by atoms with van der Waals surface area (Å²) in [6.07, 6.45) is 5.23. The highest BCUT2D eigenvalue weighted by Gasteiger charge is 2.29. The van der Waals surface area contributed by atoms with Gasteiger partial charge in [0.1, 0.15) is 5.82 Å². The Morgan fingerprint density at radius 3 is 2.70 bits per heavy atom. The Morgan fingerprint density at radius 1 is 1.26 bits per heavy atom. The number of carbonyl (C=O) groups is 1. The minimum atomic E-state index is -0.688. The number of nitrogens with zero attached hydrogens (tertiary/aromatic N) is 3. The van der Waals surface area contributed by atoms with Crippen LogP contribution in [0.15, 0.2) is 18.2 Å². The van der Waals surface area contributed by atoms with Crippen LogP contribution in [0.2, 0.25) is 0 Å². The summed E-state index contributed by atoms with van der Waals surface area (Å²) in [4.78, 5) is 15.8. The first-order valence-corrected chi connectivity index (χ1v) is 9.92. The summed E-state index contributed by atoms with van der Waals surface area (Å²) in [5.41, 5.74) is 1.03. The van der Waals surface area contributed by atoms with Crippen molar-refractivity contribution in [2.24, 2.45) is 5.92 Å². The minimum Gasteiger partial charge on any atom is -0.481 e. The van der Waals surface area contributed by atoms with Gasteiger partial charge in [0, 0.05) is 25.6 Å². The number of likely N-dealkylation sites (tertiary alicyclic amines) is 2. The van der Waals surface area contributed by atoms with Gasteiger partial charge in [-0.3, -0.25) is 9.69 Å². The van der Waals surface area contributed by atoms with Crippen molar-refractivity contribution in [1.29, 1.82) is 5.26 Å². The highest BCUT2D eigenvalue weighted by Crippen LogP contribution is 2.25. The molecule has 1 unspecified atom stereocenters. The molecule has 2 saturated heterocycles. The lowest BCUT2D eigenvalue weighted by molar-refractivity contribution is -0.138. The second-order valence-electron chi connectivity index (χ2n) is 7.84. The van der Waals surface area contributed by atoms with Crippen molar-refractivity contribution in [1.82, 2.24) is 9.80 Å². The molecule has 0 spiro atoms. The van der Waals surface area contributed by atoms with Crippen LogP contribution in [0.3, 0.4) is 0 Å². The lowest BCUT2D eigenvalue weighted by Gasteiger charge is -2.42. The molecule has 6 heteroatoms. The zero-order valence-electron chi connectivity index (χ0n) is 15.7. The summed E-state index contributed by atoms with van der Waals surface area (Å²) in [7, 11) is 0. The Hall–Kier alpha value is -1.97. The van der Waals surface area contributed by atoms with Crippen molar-refractivity contribution in [2.45, 2.75) is 44.6 Å². The maximum atomic E-state index is 14.1. The molecule has 2 aliphatic rings. The summed E-state index contributed by atoms with van der Waals surface area (Å²) in [6, 6.07) is 7.21. The zero-order chi connectivity index (χ0) is 19.2. The average Bonchev–Trinajstić information content (AvgIpc) is 2.67. The highest BCUT2D eigenvalue weighted by molar-refractivity contribution is 5.67. The number of hydrogen-bond acceptors (Lipinski definition) is 4. The van der Waals surface area contributed by atoms with Crippen LogP contribution >= 0.6 is 0 Å². The van der Waals surface area contributed by atoms with E-state index in [4.69, 9.17) is 10.4 Å². The fourth-order valence-corrected chi connectivity index (χ4v) is 4.40. The van der Waals surface area contributed by atoms with Gasteiger partial charge >= 0.3 is 5.97 Å². The Balaban J connectivity index is 1.47. The summed E-state index contributed by atoms with van der Waals surface area (Å²) in [5.74, 6) is -0.659. The first-order valence-electron chi connectivity index (χ1n) is 9.92. The molecule has 2 heterocycles. The molecule has 0 bridgehead atoms. The van der Waals surface area contributed by atoms with E-state index < -0.39 is 5.97 Å². The topological polar surface area (TPSA) is 67.6 Å². The van der Waals surface area contributed by atoms with E-state index in [0.29, 0.717) is 35.9 Å². The average molecular weight is 373 g/mol. The number of halogens is 1. The Morgan fingerprint density at radius 2 is 2.04 bits per heavy atom. The van der Waals surface area contributed by atoms with Crippen LogP contribution < -0.4 is 0 Å². The molecule has 2 aliphatic heterocycles. The zero-order valence-corrected chi connectivity index (χ0v) is 15.7. The third-order valence-electron chi connectivity index (χ3n) is 5.99. The van der Waals surface area contributed by atoms with Crippen LogP contribution in [-0.4, -0.2) is 59.6 Å². The summed E-state index contributed by atoms with van der Waals surface area (Å²) < 4.78 is 14.1. The number of carboxylic acid groups (broad SMARTS) is 1. The normalized spacial score (nSPS) is 22.4. The number of benzene rings is 1. The van der Waals surface area contributed by atoms with Gasteiger partial charge < -0.3 is 10.0 Å². The quantitative estimate of drug-likeness (QED) is 0.830. The Bertz CT molecular complexity index is 695. The second kappa shape index (κ2) is 9.29. The molecular formula is C21H28FN3O2. The number of nitriles is 1. The number of aliphatic carboxylic acids is 1. The van der Waals surface area contributed by atoms with Crippen LogP contribution in [-0.2, 0) is 11.2 Å². The van der Waals surface area contributed by atoms with Gasteiger partial charge in [-0.25, -0.2) is 4.39 Å². The van der Waals surface area contributed by atoms with Crippen LogP contribution in [0.4, 0.5) is 4.39 Å². The fourth-order valence-electron chi connectivity index (χ4n) is 4.40. The van der Waals surface area contributed by atoms with E-state index in [0.717, 1.165) is 52.0 Å². The Labute approximate surface area is 160 Å². The predicted molar refractivity (Wildman–Crippen MR) is 101 cm³/mol. The van der Waals surface area contributed by atoms with E-state index in [2.05, 4.69) is 9.80 Å². The van der Waals surface area contributed by atoms with Crippen LogP contribution in [0.5, 0.6) is 0 Å². The number of carboxylic acids is 1. The highest BCUT2D eigenvalue weighted by atomic mass is 19.1. The molecule has 1 N–H and O–H groups in total. The van der Waals surface area contributed by atoms with E-state index in [9.17, 15) is 9.18 Å². The molecule has 27 heavy (non-hydrogen) atoms. The molecule has 0 saturated carbocycles. The lowest BCUT2D eigenvalue weighted by atomic mass is 9.91. The molecule has 1 aromatic rings. The maximum absolute atomic E-state index is 14.1. The summed E-state index contributed by atoms with van der Waals surface area (Å²) in [6.45, 7) is 4.85. The first-order chi connectivity index (χ1) is 13.0. The third kappa shape index (κ3) is 5.50. The van der Waals surface area contributed by atoms with Gasteiger partial charge in [-0.2, -0.15) is 5.26 Å². The molecule has 0 aromatic heterocycles. The summed E-state index contributed by atoms with van der Waals surface area (Å²) >= 11 is 0. The molecule has 2 fully saturated rings. The van der Waals surface area contributed by atoms with Gasteiger partial charge in [0.2, 0.25) is 0 Å². The van der Waals surface area contributed by atoms with Crippen molar-refractivity contribution in [2.75, 3.05) is 32.7 Å². The van der Waals surface area contributed by atoms with Gasteiger partial charge in [0.15, 0.2) is 0 Å². The molecule has 0 amide bonds. The lowest BCUT2D eigenvalue weighted by Crippen LogP contribution is -2.50.